The van der Waals surface area contributed by atoms with Crippen molar-refractivity contribution in [3.05, 3.63) is 0 Å². The summed E-state index contributed by atoms with van der Waals surface area (Å²) in [6.07, 6.45) is 1.06. The van der Waals surface area contributed by atoms with Gasteiger partial charge in [0.15, 0.2) is 0 Å². The molecule has 0 saturated heterocycles. The van der Waals surface area contributed by atoms with E-state index in [-0.39, 0.29) is 23.8 Å². The SMILES string of the molecule is COCCC(CS)C(=O)[O][Sn]([CH3])([CH3])[O]C(=O)C(CS)CCOC. The second-order valence-electron chi connectivity index (χ2n) is 5.56. The van der Waals surface area contributed by atoms with Crippen molar-refractivity contribution < 1.29 is 25.2 Å². The molecule has 0 amide bonds. The Labute approximate surface area is 154 Å². The van der Waals surface area contributed by atoms with Crippen LogP contribution in [-0.4, -0.2) is 70.1 Å². The van der Waals surface area contributed by atoms with Crippen LogP contribution in [-0.2, 0) is 25.2 Å². The summed E-state index contributed by atoms with van der Waals surface area (Å²) in [7, 11) is 3.15. The molecule has 9 heteroatoms. The Morgan fingerprint density at radius 3 is 1.48 bits per heavy atom. The van der Waals surface area contributed by atoms with Crippen molar-refractivity contribution >= 4 is 56.4 Å². The molecule has 0 saturated carbocycles. The van der Waals surface area contributed by atoms with Crippen LogP contribution in [0.2, 0.25) is 9.88 Å². The molecule has 23 heavy (non-hydrogen) atoms. The minimum absolute atomic E-state index is 0.359. The second kappa shape index (κ2) is 12.7. The van der Waals surface area contributed by atoms with Crippen LogP contribution in [0.1, 0.15) is 12.8 Å². The van der Waals surface area contributed by atoms with Crippen LogP contribution < -0.4 is 0 Å². The van der Waals surface area contributed by atoms with Crippen molar-refractivity contribution in [3.8, 4) is 0 Å². The first-order valence-corrected chi connectivity index (χ1v) is 16.8. The number of methoxy groups -OCH3 is 2. The van der Waals surface area contributed by atoms with Crippen LogP contribution in [0.25, 0.3) is 0 Å². The van der Waals surface area contributed by atoms with Gasteiger partial charge in [-0.25, -0.2) is 0 Å². The molecule has 0 aromatic rings. The number of hydrogen-bond acceptors (Lipinski definition) is 8. The van der Waals surface area contributed by atoms with Gasteiger partial charge in [0.1, 0.15) is 0 Å². The normalized spacial score (nSPS) is 14.2. The predicted molar refractivity (Wildman–Crippen MR) is 97.3 cm³/mol. The summed E-state index contributed by atoms with van der Waals surface area (Å²) in [5.41, 5.74) is 0. The first-order valence-electron chi connectivity index (χ1n) is 7.46. The molecule has 0 N–H and O–H groups in total. The van der Waals surface area contributed by atoms with Gasteiger partial charge in [0.2, 0.25) is 0 Å². The average Bonchev–Trinajstić information content (AvgIpc) is 2.47. The molecule has 0 aliphatic carbocycles. The van der Waals surface area contributed by atoms with E-state index in [1.807, 2.05) is 0 Å². The number of rotatable bonds is 12. The molecule has 6 nitrogen and oxygen atoms in total. The van der Waals surface area contributed by atoms with E-state index in [9.17, 15) is 9.59 Å². The third-order valence-electron chi connectivity index (χ3n) is 3.14. The van der Waals surface area contributed by atoms with E-state index >= 15 is 0 Å². The molecule has 0 aliphatic heterocycles. The number of carbonyl (C=O) groups excluding carboxylic acids is 2. The van der Waals surface area contributed by atoms with E-state index in [4.69, 9.17) is 15.6 Å². The Morgan fingerprint density at radius 1 is 0.870 bits per heavy atom. The maximum absolute atomic E-state index is 12.2. The van der Waals surface area contributed by atoms with Gasteiger partial charge in [-0.05, 0) is 0 Å². The summed E-state index contributed by atoms with van der Waals surface area (Å²) < 4.78 is 21.0. The Bertz CT molecular complexity index is 335. The number of hydrogen-bond donors (Lipinski definition) is 2. The fourth-order valence-electron chi connectivity index (χ4n) is 1.76. The van der Waals surface area contributed by atoms with Gasteiger partial charge in [0.05, 0.1) is 0 Å². The van der Waals surface area contributed by atoms with E-state index in [0.29, 0.717) is 37.6 Å². The van der Waals surface area contributed by atoms with Crippen molar-refractivity contribution in [3.63, 3.8) is 0 Å². The Hall–Kier alpha value is 0.359. The van der Waals surface area contributed by atoms with Gasteiger partial charge < -0.3 is 0 Å². The third-order valence-corrected chi connectivity index (χ3v) is 7.98. The summed E-state index contributed by atoms with van der Waals surface area (Å²) in [6, 6.07) is 0. The zero-order valence-corrected chi connectivity index (χ0v) is 18.9. The van der Waals surface area contributed by atoms with Crippen LogP contribution in [0.5, 0.6) is 0 Å². The molecular weight excluding hydrogens is 447 g/mol. The van der Waals surface area contributed by atoms with Gasteiger partial charge in [0.25, 0.3) is 0 Å². The number of thiol groups is 2. The number of ether oxygens (including phenoxy) is 2. The Morgan fingerprint density at radius 2 is 1.22 bits per heavy atom. The summed E-state index contributed by atoms with van der Waals surface area (Å²) in [4.78, 5) is 27.9. The fourth-order valence-corrected chi connectivity index (χ4v) is 6.26. The number of carbonyl (C=O) groups is 2. The van der Waals surface area contributed by atoms with Crippen molar-refractivity contribution in [1.29, 1.82) is 0 Å². The molecule has 0 heterocycles. The van der Waals surface area contributed by atoms with Crippen molar-refractivity contribution in [1.82, 2.24) is 0 Å². The van der Waals surface area contributed by atoms with Crippen LogP contribution in [0.3, 0.4) is 0 Å². The monoisotopic (exact) mass is 476 g/mol. The molecule has 0 bridgehead atoms. The Balaban J connectivity index is 4.60. The van der Waals surface area contributed by atoms with Crippen molar-refractivity contribution in [2.75, 3.05) is 38.9 Å². The molecule has 0 fully saturated rings. The predicted octanol–water partition coefficient (Wildman–Crippen LogP) is 1.94. The topological polar surface area (TPSA) is 71.1 Å². The van der Waals surface area contributed by atoms with E-state index in [2.05, 4.69) is 25.3 Å². The molecular formula is C14H28O6S2Sn. The molecule has 0 radical (unpaired) electrons. The molecule has 0 aromatic carbocycles. The molecule has 2 atom stereocenters. The third kappa shape index (κ3) is 10.1. The molecule has 0 spiro atoms. The van der Waals surface area contributed by atoms with Gasteiger partial charge in [-0.15, -0.1) is 0 Å². The first-order chi connectivity index (χ1) is 10.8. The van der Waals surface area contributed by atoms with Gasteiger partial charge in [-0.2, -0.15) is 0 Å². The van der Waals surface area contributed by atoms with E-state index in [1.54, 1.807) is 24.1 Å². The van der Waals surface area contributed by atoms with Crippen LogP contribution in [0.15, 0.2) is 0 Å². The van der Waals surface area contributed by atoms with E-state index in [1.165, 1.54) is 0 Å². The van der Waals surface area contributed by atoms with Crippen molar-refractivity contribution in [2.45, 2.75) is 22.7 Å². The molecule has 2 unspecified atom stereocenters. The fraction of sp³-hybridized carbons (Fsp3) is 0.857. The molecule has 0 rings (SSSR count). The standard InChI is InChI=1S/2C6H12O3S.2CH3.Sn/c2*1-9-3-2-5(4-10)6(7)8;;;/h2*5,10H,2-4H2,1H3,(H,7,8);2*1H3;/q;;;;+2/p-2. The van der Waals surface area contributed by atoms with Gasteiger partial charge in [-0.3, -0.25) is 0 Å². The van der Waals surface area contributed by atoms with Crippen LogP contribution in [0, 0.1) is 11.8 Å². The summed E-state index contributed by atoms with van der Waals surface area (Å²) in [5, 5.41) is 0. The summed E-state index contributed by atoms with van der Waals surface area (Å²) >= 11 is 4.62. The average molecular weight is 475 g/mol. The Kier molecular flexibility index (Phi) is 12.9. The summed E-state index contributed by atoms with van der Waals surface area (Å²) in [5.74, 6) is -0.727. The zero-order chi connectivity index (χ0) is 17.9. The second-order valence-corrected chi connectivity index (χ2v) is 15.4. The molecule has 136 valence electrons. The van der Waals surface area contributed by atoms with Crippen molar-refractivity contribution in [2.24, 2.45) is 11.8 Å². The van der Waals surface area contributed by atoms with Gasteiger partial charge >= 0.3 is 155 Å². The minimum atomic E-state index is -3.72. The van der Waals surface area contributed by atoms with Gasteiger partial charge in [0, 0.05) is 0 Å². The van der Waals surface area contributed by atoms with Crippen LogP contribution in [0.4, 0.5) is 0 Å². The quantitative estimate of drug-likeness (QED) is 0.332. The van der Waals surface area contributed by atoms with Gasteiger partial charge in [-0.1, -0.05) is 0 Å². The molecule has 0 aromatic heterocycles. The summed E-state index contributed by atoms with van der Waals surface area (Å²) in [6.45, 7) is 0.906. The van der Waals surface area contributed by atoms with E-state index < -0.39 is 19.2 Å². The van der Waals surface area contributed by atoms with Crippen LogP contribution >= 0.6 is 25.3 Å². The first kappa shape index (κ1) is 23.4. The maximum atomic E-state index is 12.2. The molecule has 0 aliphatic rings. The van der Waals surface area contributed by atoms with E-state index in [0.717, 1.165) is 0 Å². The zero-order valence-electron chi connectivity index (χ0n) is 14.2.